The average molecular weight is 986 g/mol. The highest BCUT2D eigenvalue weighted by Gasteiger charge is 2.35. The van der Waals surface area contributed by atoms with Crippen LogP contribution in [0.25, 0.3) is 143 Å². The maximum absolute atomic E-state index is 13.0. The number of rotatable bonds is 5. The number of furan rings is 1. The summed E-state index contributed by atoms with van der Waals surface area (Å²) in [5.74, 6) is 0. The Morgan fingerprint density at radius 3 is 1.03 bits per heavy atom. The molecule has 16 aromatic rings. The minimum atomic E-state index is 0.536. The Bertz CT molecular complexity index is 5030. The van der Waals surface area contributed by atoms with Crippen LogP contribution < -0.4 is 0 Å². The van der Waals surface area contributed by atoms with E-state index in [1.165, 1.54) is 21.9 Å². The monoisotopic (exact) mass is 985 g/mol. The maximum Gasteiger partial charge on any atom is 0.136 e. The van der Waals surface area contributed by atoms with Gasteiger partial charge in [-0.25, -0.2) is 0 Å². The lowest BCUT2D eigenvalue weighted by Gasteiger charge is -2.29. The lowest BCUT2D eigenvalue weighted by atomic mass is 9.92. The van der Waals surface area contributed by atoms with Gasteiger partial charge in [0.25, 0.3) is 0 Å². The predicted octanol–water partition coefficient (Wildman–Crippen LogP) is 18.7. The van der Waals surface area contributed by atoms with Crippen LogP contribution in [0, 0.1) is 39.0 Å². The smallest absolute Gasteiger partial charge is 0.136 e. The summed E-state index contributed by atoms with van der Waals surface area (Å²) in [7, 11) is 0. The minimum Gasteiger partial charge on any atom is -0.456 e. The van der Waals surface area contributed by atoms with Gasteiger partial charge in [-0.2, -0.15) is 5.26 Å². The molecule has 0 saturated carbocycles. The van der Waals surface area contributed by atoms with Gasteiger partial charge in [-0.1, -0.05) is 146 Å². The summed E-state index contributed by atoms with van der Waals surface area (Å²) < 4.78 is 16.7. The normalized spacial score (nSPS) is 12.1. The molecule has 0 radical (unpaired) electrons. The average Bonchev–Trinajstić information content (AvgIpc) is 4.18. The first-order valence-corrected chi connectivity index (χ1v) is 26.4. The van der Waals surface area contributed by atoms with Gasteiger partial charge < -0.3 is 22.7 Å². The quantitative estimate of drug-likeness (QED) is 0.173. The standard InChI is InChI=1S/C71H47N5O/c1-41-19-15-32-57-63(41)48-24-5-10-28-53(48)73(57)68-52(40-72)69(74-54-29-11-6-25-49(54)64-42(2)20-16-33-58(64)74)71(76-56-31-13-8-27-51(56)66-44(4)22-18-35-60(66)76)67(45-37-38-47-46-23-9-14-36-61(46)77-62(47)39-45)70(68)75-55-30-12-7-26-50(55)65-43(3)21-17-34-59(65)75/h5-39H,1-4H3. The van der Waals surface area contributed by atoms with Gasteiger partial charge in [0.1, 0.15) is 22.8 Å². The largest absolute Gasteiger partial charge is 0.456 e. The lowest BCUT2D eigenvalue weighted by molar-refractivity contribution is 0.669. The number of benzene rings is 11. The van der Waals surface area contributed by atoms with Crippen molar-refractivity contribution in [3.63, 3.8) is 0 Å². The van der Waals surface area contributed by atoms with Crippen LogP contribution in [0.2, 0.25) is 0 Å². The van der Waals surface area contributed by atoms with E-state index < -0.39 is 0 Å². The Kier molecular flexibility index (Phi) is 8.98. The molecule has 362 valence electrons. The van der Waals surface area contributed by atoms with Gasteiger partial charge in [-0.3, -0.25) is 0 Å². The Morgan fingerprint density at radius 1 is 0.312 bits per heavy atom. The van der Waals surface area contributed by atoms with Gasteiger partial charge >= 0.3 is 0 Å². The van der Waals surface area contributed by atoms with Crippen LogP contribution in [-0.2, 0) is 0 Å². The summed E-state index contributed by atoms with van der Waals surface area (Å²) in [5, 5.41) is 24.2. The summed E-state index contributed by atoms with van der Waals surface area (Å²) in [6, 6.07) is 79.7. The summed E-state index contributed by atoms with van der Waals surface area (Å²) >= 11 is 0. The zero-order chi connectivity index (χ0) is 51.4. The molecule has 0 saturated heterocycles. The highest BCUT2D eigenvalue weighted by atomic mass is 16.3. The molecular weight excluding hydrogens is 939 g/mol. The van der Waals surface area contributed by atoms with Crippen LogP contribution >= 0.6 is 0 Å². The van der Waals surface area contributed by atoms with Crippen LogP contribution in [0.3, 0.4) is 0 Å². The van der Waals surface area contributed by atoms with E-state index in [0.29, 0.717) is 5.56 Å². The highest BCUT2D eigenvalue weighted by molar-refractivity contribution is 6.19. The SMILES string of the molecule is Cc1cccc2c1c1ccccc1n2-c1c(C#N)c(-n2c3ccccc3c3c(C)cccc32)c(-n2c3ccccc3c3c(C)cccc32)c(-c2ccc3c(c2)oc2ccccc23)c1-n1c2ccccc2c2c(C)cccc21. The van der Waals surface area contributed by atoms with Crippen LogP contribution in [-0.4, -0.2) is 18.3 Å². The van der Waals surface area contributed by atoms with E-state index in [1.54, 1.807) is 0 Å². The van der Waals surface area contributed by atoms with E-state index in [0.717, 1.165) is 143 Å². The predicted molar refractivity (Wildman–Crippen MR) is 320 cm³/mol. The van der Waals surface area contributed by atoms with Crippen LogP contribution in [0.15, 0.2) is 217 Å². The molecule has 77 heavy (non-hydrogen) atoms. The second-order valence-corrected chi connectivity index (χ2v) is 20.9. The minimum absolute atomic E-state index is 0.536. The van der Waals surface area contributed by atoms with Gasteiger partial charge in [0.2, 0.25) is 0 Å². The highest BCUT2D eigenvalue weighted by Crippen LogP contribution is 2.53. The van der Waals surface area contributed by atoms with Gasteiger partial charge in [0.15, 0.2) is 0 Å². The molecule has 0 aliphatic carbocycles. The van der Waals surface area contributed by atoms with Crippen LogP contribution in [0.4, 0.5) is 0 Å². The maximum atomic E-state index is 13.0. The molecule has 0 amide bonds. The Morgan fingerprint density at radius 2 is 0.636 bits per heavy atom. The number of para-hydroxylation sites is 5. The van der Waals surface area contributed by atoms with Crippen molar-refractivity contribution in [3.8, 4) is 39.9 Å². The van der Waals surface area contributed by atoms with E-state index in [2.05, 4.69) is 258 Å². The molecule has 5 aromatic heterocycles. The van der Waals surface area contributed by atoms with E-state index >= 15 is 0 Å². The van der Waals surface area contributed by atoms with Gasteiger partial charge in [-0.15, -0.1) is 0 Å². The van der Waals surface area contributed by atoms with Gasteiger partial charge in [-0.05, 0) is 122 Å². The van der Waals surface area contributed by atoms with Crippen molar-refractivity contribution >= 4 is 109 Å². The molecule has 6 heteroatoms. The molecule has 0 spiro atoms. The fraction of sp³-hybridized carbons (Fsp3) is 0.0563. The Hall–Kier alpha value is -10.1. The van der Waals surface area contributed by atoms with Crippen molar-refractivity contribution < 1.29 is 4.42 Å². The zero-order valence-corrected chi connectivity index (χ0v) is 42.9. The van der Waals surface area contributed by atoms with Gasteiger partial charge in [0.05, 0.1) is 66.9 Å². The fourth-order valence-electron chi connectivity index (χ4n) is 13.6. The molecule has 0 bridgehead atoms. The number of nitriles is 1. The molecule has 16 rings (SSSR count). The third kappa shape index (κ3) is 5.77. The van der Waals surface area contributed by atoms with Crippen molar-refractivity contribution in [2.24, 2.45) is 0 Å². The van der Waals surface area contributed by atoms with Crippen molar-refractivity contribution in [2.45, 2.75) is 27.7 Å². The molecule has 0 aliphatic heterocycles. The first-order valence-electron chi connectivity index (χ1n) is 26.4. The molecule has 0 fully saturated rings. The van der Waals surface area contributed by atoms with Crippen LogP contribution in [0.1, 0.15) is 27.8 Å². The lowest BCUT2D eigenvalue weighted by Crippen LogP contribution is -2.16. The number of hydrogen-bond donors (Lipinski definition) is 0. The Balaban J connectivity index is 1.28. The number of aromatic nitrogens is 4. The molecule has 0 aliphatic rings. The first-order chi connectivity index (χ1) is 37.9. The van der Waals surface area contributed by atoms with Crippen molar-refractivity contribution in [1.29, 1.82) is 5.26 Å². The molecular formula is C71H47N5O. The summed E-state index contributed by atoms with van der Waals surface area (Å²) in [4.78, 5) is 0. The second-order valence-electron chi connectivity index (χ2n) is 20.9. The van der Waals surface area contributed by atoms with E-state index in [1.807, 2.05) is 6.07 Å². The second kappa shape index (κ2) is 16.0. The first kappa shape index (κ1) is 43.3. The van der Waals surface area contributed by atoms with E-state index in [4.69, 9.17) is 4.42 Å². The molecule has 0 atom stereocenters. The van der Waals surface area contributed by atoms with Crippen molar-refractivity contribution in [1.82, 2.24) is 18.3 Å². The Labute approximate surface area is 442 Å². The third-order valence-electron chi connectivity index (χ3n) is 16.7. The molecule has 6 nitrogen and oxygen atoms in total. The number of hydrogen-bond acceptors (Lipinski definition) is 2. The fourth-order valence-corrected chi connectivity index (χ4v) is 13.6. The molecule has 5 heterocycles. The van der Waals surface area contributed by atoms with E-state index in [9.17, 15) is 5.26 Å². The molecule has 11 aromatic carbocycles. The topological polar surface area (TPSA) is 56.6 Å². The molecule has 0 N–H and O–H groups in total. The summed E-state index contributed by atoms with van der Waals surface area (Å²) in [6.07, 6.45) is 0. The number of fused-ring (bicyclic) bond motifs is 15. The number of aryl methyl sites for hydroxylation is 4. The van der Waals surface area contributed by atoms with Gasteiger partial charge in [0, 0.05) is 59.4 Å². The van der Waals surface area contributed by atoms with E-state index in [-0.39, 0.29) is 0 Å². The van der Waals surface area contributed by atoms with Crippen LogP contribution in [0.5, 0.6) is 0 Å². The molecule has 0 unspecified atom stereocenters. The van der Waals surface area contributed by atoms with Crippen molar-refractivity contribution in [2.75, 3.05) is 0 Å². The third-order valence-corrected chi connectivity index (χ3v) is 16.7. The number of nitrogens with zero attached hydrogens (tertiary/aromatic N) is 5. The van der Waals surface area contributed by atoms with Crippen molar-refractivity contribution in [3.05, 3.63) is 240 Å². The summed E-state index contributed by atoms with van der Waals surface area (Å²) in [5.41, 5.74) is 20.3. The summed E-state index contributed by atoms with van der Waals surface area (Å²) in [6.45, 7) is 8.83. The zero-order valence-electron chi connectivity index (χ0n) is 42.9.